The highest BCUT2D eigenvalue weighted by molar-refractivity contribution is 7.80. The van der Waals surface area contributed by atoms with Gasteiger partial charge in [0.15, 0.2) is 5.11 Å². The average Bonchev–Trinajstić information content (AvgIpc) is 2.78. The summed E-state index contributed by atoms with van der Waals surface area (Å²) < 4.78 is 4.94. The van der Waals surface area contributed by atoms with Crippen LogP contribution in [0.25, 0.3) is 0 Å². The largest absolute Gasteiger partial charge is 0.465 e. The fourth-order valence-electron chi connectivity index (χ4n) is 6.27. The molecule has 1 aliphatic carbocycles. The van der Waals surface area contributed by atoms with E-state index in [4.69, 9.17) is 17.0 Å². The first-order valence-electron chi connectivity index (χ1n) is 11.4. The Morgan fingerprint density at radius 2 is 2.07 bits per heavy atom. The van der Waals surface area contributed by atoms with Crippen LogP contribution in [0.4, 0.5) is 5.69 Å². The smallest absolute Gasteiger partial charge is 0.339 e. The van der Waals surface area contributed by atoms with Crippen LogP contribution in [0, 0.1) is 11.8 Å². The fraction of sp³-hybridized carbons (Fsp3) is 0.583. The molecule has 0 amide bonds. The van der Waals surface area contributed by atoms with Crippen molar-refractivity contribution in [2.45, 2.75) is 50.6 Å². The summed E-state index contributed by atoms with van der Waals surface area (Å²) in [6, 6.07) is 8.59. The van der Waals surface area contributed by atoms with E-state index >= 15 is 0 Å². The van der Waals surface area contributed by atoms with Crippen LogP contribution in [0.2, 0.25) is 0 Å². The Bertz CT molecular complexity index is 870. The Labute approximate surface area is 184 Å². The maximum absolute atomic E-state index is 12.2. The number of carbonyl (C=O) groups excluding carboxylic acids is 1. The number of nitrogens with zero attached hydrogens (tertiary/aromatic N) is 2. The molecule has 4 atom stereocenters. The van der Waals surface area contributed by atoms with E-state index in [1.807, 2.05) is 18.2 Å². The molecule has 1 aromatic carbocycles. The van der Waals surface area contributed by atoms with Gasteiger partial charge in [-0.2, -0.15) is 0 Å². The van der Waals surface area contributed by atoms with Crippen LogP contribution in [0.3, 0.4) is 0 Å². The first-order valence-corrected chi connectivity index (χ1v) is 11.8. The van der Waals surface area contributed by atoms with E-state index in [1.165, 1.54) is 52.3 Å². The second-order valence-electron chi connectivity index (χ2n) is 9.17. The van der Waals surface area contributed by atoms with Crippen LogP contribution >= 0.6 is 12.2 Å². The van der Waals surface area contributed by atoms with Crippen molar-refractivity contribution in [1.29, 1.82) is 0 Å². The van der Waals surface area contributed by atoms with Gasteiger partial charge in [-0.05, 0) is 74.8 Å². The number of ether oxygens (including phenoxy) is 1. The third-order valence-corrected chi connectivity index (χ3v) is 7.83. The number of para-hydroxylation sites is 1. The number of piperidine rings is 3. The molecule has 1 aromatic rings. The minimum atomic E-state index is -0.343. The standard InChI is InChI=1S/C24H31N3O2S/c1-29-23(28)19-8-2-3-9-20(19)25-24(30)27-12-6-7-16-13-17-14-18(22(16)27)15-26-11-5-4-10-21(17)26/h2-3,8-9,13,17-18,21-22H,4-7,10-12,14-15H2,1H3,(H,25,30)/t17-,18+,21+,22+/m0/s1. The van der Waals surface area contributed by atoms with E-state index in [0.29, 0.717) is 17.5 Å². The molecule has 30 heavy (non-hydrogen) atoms. The van der Waals surface area contributed by atoms with Gasteiger partial charge in [0, 0.05) is 19.1 Å². The predicted molar refractivity (Wildman–Crippen MR) is 123 cm³/mol. The Kier molecular flexibility index (Phi) is 5.54. The lowest BCUT2D eigenvalue weighted by molar-refractivity contribution is 0.0132. The molecule has 0 radical (unpaired) electrons. The molecule has 3 fully saturated rings. The average molecular weight is 426 g/mol. The zero-order valence-corrected chi connectivity index (χ0v) is 18.5. The SMILES string of the molecule is COC(=O)c1ccccc1NC(=S)N1CCCC2=C[C@H]3C[C@H](CN4CCCC[C@H]34)[C@@H]21. The van der Waals surface area contributed by atoms with Crippen molar-refractivity contribution in [3.63, 3.8) is 0 Å². The van der Waals surface area contributed by atoms with Gasteiger partial charge in [-0.25, -0.2) is 4.79 Å². The van der Waals surface area contributed by atoms with Crippen molar-refractivity contribution in [1.82, 2.24) is 9.80 Å². The third kappa shape index (κ3) is 3.54. The van der Waals surface area contributed by atoms with Crippen LogP contribution < -0.4 is 5.32 Å². The summed E-state index contributed by atoms with van der Waals surface area (Å²) in [5.74, 6) is 1.01. The van der Waals surface area contributed by atoms with E-state index in [9.17, 15) is 4.79 Å². The number of anilines is 1. The number of nitrogens with one attached hydrogen (secondary N) is 1. The molecule has 160 valence electrons. The minimum absolute atomic E-state index is 0.343. The molecular formula is C24H31N3O2S. The number of esters is 1. The summed E-state index contributed by atoms with van der Waals surface area (Å²) >= 11 is 5.89. The molecule has 6 heteroatoms. The first kappa shape index (κ1) is 20.0. The summed E-state index contributed by atoms with van der Waals surface area (Å²) in [7, 11) is 1.41. The molecule has 5 rings (SSSR count). The molecule has 3 aliphatic heterocycles. The van der Waals surface area contributed by atoms with Crippen molar-refractivity contribution < 1.29 is 9.53 Å². The zero-order chi connectivity index (χ0) is 20.7. The van der Waals surface area contributed by atoms with Gasteiger partial charge in [0.25, 0.3) is 0 Å². The van der Waals surface area contributed by atoms with Gasteiger partial charge in [-0.3, -0.25) is 4.90 Å². The van der Waals surface area contributed by atoms with Crippen molar-refractivity contribution >= 4 is 29.0 Å². The maximum atomic E-state index is 12.2. The third-order valence-electron chi connectivity index (χ3n) is 7.49. The van der Waals surface area contributed by atoms with Gasteiger partial charge in [0.2, 0.25) is 0 Å². The summed E-state index contributed by atoms with van der Waals surface area (Å²) in [4.78, 5) is 17.3. The molecule has 1 N–H and O–H groups in total. The van der Waals surface area contributed by atoms with Crippen LogP contribution in [-0.2, 0) is 4.74 Å². The van der Waals surface area contributed by atoms with Crippen molar-refractivity contribution in [2.24, 2.45) is 11.8 Å². The summed E-state index contributed by atoms with van der Waals surface area (Å²) in [5.41, 5.74) is 2.84. The lowest BCUT2D eigenvalue weighted by Crippen LogP contribution is -2.60. The minimum Gasteiger partial charge on any atom is -0.465 e. The van der Waals surface area contributed by atoms with Crippen LogP contribution in [0.5, 0.6) is 0 Å². The summed E-state index contributed by atoms with van der Waals surface area (Å²) in [6.45, 7) is 3.42. The number of fused-ring (bicyclic) bond motifs is 6. The molecular weight excluding hydrogens is 394 g/mol. The number of methoxy groups -OCH3 is 1. The Balaban J connectivity index is 1.39. The van der Waals surface area contributed by atoms with Crippen LogP contribution in [0.15, 0.2) is 35.9 Å². The number of benzene rings is 1. The normalized spacial score (nSPS) is 30.6. The van der Waals surface area contributed by atoms with Gasteiger partial charge in [-0.15, -0.1) is 0 Å². The lowest BCUT2D eigenvalue weighted by Gasteiger charge is -2.55. The van der Waals surface area contributed by atoms with Gasteiger partial charge < -0.3 is 15.0 Å². The van der Waals surface area contributed by atoms with Gasteiger partial charge >= 0.3 is 5.97 Å². The zero-order valence-electron chi connectivity index (χ0n) is 17.7. The Morgan fingerprint density at radius 1 is 1.20 bits per heavy atom. The second-order valence-corrected chi connectivity index (χ2v) is 9.56. The Morgan fingerprint density at radius 3 is 2.93 bits per heavy atom. The highest BCUT2D eigenvalue weighted by Gasteiger charge is 2.46. The molecule has 3 saturated heterocycles. The number of rotatable bonds is 2. The summed E-state index contributed by atoms with van der Waals surface area (Å²) in [6.07, 6.45) is 10.3. The molecule has 5 nitrogen and oxygen atoms in total. The van der Waals surface area contributed by atoms with E-state index in [-0.39, 0.29) is 5.97 Å². The van der Waals surface area contributed by atoms with Crippen molar-refractivity contribution in [3.8, 4) is 0 Å². The number of likely N-dealkylation sites (tertiary alicyclic amines) is 1. The fourth-order valence-corrected chi connectivity index (χ4v) is 6.58. The summed E-state index contributed by atoms with van der Waals surface area (Å²) in [5, 5.41) is 4.10. The molecule has 4 aliphatic rings. The topological polar surface area (TPSA) is 44.8 Å². The lowest BCUT2D eigenvalue weighted by atomic mass is 9.68. The van der Waals surface area contributed by atoms with Gasteiger partial charge in [0.1, 0.15) is 0 Å². The van der Waals surface area contributed by atoms with Crippen LogP contribution in [-0.4, -0.2) is 59.7 Å². The first-order chi connectivity index (χ1) is 14.7. The number of carbonyl (C=O) groups is 1. The van der Waals surface area contributed by atoms with E-state index in [0.717, 1.165) is 35.7 Å². The van der Waals surface area contributed by atoms with E-state index in [1.54, 1.807) is 11.6 Å². The molecule has 0 aromatic heterocycles. The highest BCUT2D eigenvalue weighted by atomic mass is 32.1. The highest BCUT2D eigenvalue weighted by Crippen LogP contribution is 2.45. The number of thiocarbonyl (C=S) groups is 1. The van der Waals surface area contributed by atoms with Crippen molar-refractivity contribution in [3.05, 3.63) is 41.5 Å². The maximum Gasteiger partial charge on any atom is 0.339 e. The molecule has 2 bridgehead atoms. The van der Waals surface area contributed by atoms with Crippen LogP contribution in [0.1, 0.15) is 48.9 Å². The monoisotopic (exact) mass is 425 g/mol. The quantitative estimate of drug-likeness (QED) is 0.438. The molecule has 0 unspecified atom stereocenters. The molecule has 0 spiro atoms. The van der Waals surface area contributed by atoms with E-state index in [2.05, 4.69) is 21.2 Å². The van der Waals surface area contributed by atoms with Gasteiger partial charge in [-0.1, -0.05) is 30.2 Å². The predicted octanol–water partition coefficient (Wildman–Crippen LogP) is 4.07. The van der Waals surface area contributed by atoms with E-state index < -0.39 is 0 Å². The Hall–Kier alpha value is -1.92. The van der Waals surface area contributed by atoms with Gasteiger partial charge in [0.05, 0.1) is 24.4 Å². The number of hydrogen-bond donors (Lipinski definition) is 1. The number of hydrogen-bond acceptors (Lipinski definition) is 4. The second kappa shape index (κ2) is 8.31. The van der Waals surface area contributed by atoms with Crippen molar-refractivity contribution in [2.75, 3.05) is 32.1 Å². The molecule has 3 heterocycles. The molecule has 0 saturated carbocycles.